The van der Waals surface area contributed by atoms with E-state index in [1.54, 1.807) is 19.1 Å². The molecule has 2 aromatic rings. The minimum atomic E-state index is -0.411. The Hall–Kier alpha value is -2.69. The maximum Gasteiger partial charge on any atom is 0.251 e. The second kappa shape index (κ2) is 7.73. The summed E-state index contributed by atoms with van der Waals surface area (Å²) in [7, 11) is 0. The number of benzene rings is 2. The van der Waals surface area contributed by atoms with Gasteiger partial charge in [0.1, 0.15) is 5.82 Å². The van der Waals surface area contributed by atoms with Crippen LogP contribution in [-0.4, -0.2) is 24.9 Å². The quantitative estimate of drug-likeness (QED) is 0.829. The number of carbonyl (C=O) groups excluding carboxylic acids is 2. The molecule has 0 fully saturated rings. The molecule has 0 spiro atoms. The summed E-state index contributed by atoms with van der Waals surface area (Å²) in [4.78, 5) is 24.1. The number of rotatable bonds is 5. The van der Waals surface area contributed by atoms with Crippen LogP contribution in [0.25, 0.3) is 0 Å². The standard InChI is InChI=1S/C19H21FN2O2/c1-12-4-5-13(2)16(10-12)19(24)22-9-8-21-18(23)15-7-6-14(3)17(20)11-15/h4-7,10-11H,8-9H2,1-3H3,(H,21,23)(H,22,24). The normalized spacial score (nSPS) is 10.3. The molecule has 0 atom stereocenters. The first-order chi connectivity index (χ1) is 11.4. The van der Waals surface area contributed by atoms with Gasteiger partial charge < -0.3 is 10.6 Å². The van der Waals surface area contributed by atoms with Crippen LogP contribution in [0.3, 0.4) is 0 Å². The summed E-state index contributed by atoms with van der Waals surface area (Å²) in [6.07, 6.45) is 0. The van der Waals surface area contributed by atoms with Gasteiger partial charge in [0.25, 0.3) is 11.8 Å². The Labute approximate surface area is 141 Å². The average molecular weight is 328 g/mol. The van der Waals surface area contributed by atoms with E-state index in [1.165, 1.54) is 6.07 Å². The van der Waals surface area contributed by atoms with E-state index in [4.69, 9.17) is 0 Å². The highest BCUT2D eigenvalue weighted by atomic mass is 19.1. The van der Waals surface area contributed by atoms with Crippen LogP contribution in [-0.2, 0) is 0 Å². The fourth-order valence-electron chi connectivity index (χ4n) is 2.26. The third kappa shape index (κ3) is 4.41. The van der Waals surface area contributed by atoms with Gasteiger partial charge in [0, 0.05) is 24.2 Å². The zero-order chi connectivity index (χ0) is 17.7. The Morgan fingerprint density at radius 1 is 0.875 bits per heavy atom. The molecule has 24 heavy (non-hydrogen) atoms. The van der Waals surface area contributed by atoms with E-state index in [0.29, 0.717) is 17.7 Å². The number of nitrogens with one attached hydrogen (secondary N) is 2. The lowest BCUT2D eigenvalue weighted by molar-refractivity contribution is 0.0927. The number of hydrogen-bond donors (Lipinski definition) is 2. The van der Waals surface area contributed by atoms with Crippen molar-refractivity contribution in [3.05, 3.63) is 70.0 Å². The van der Waals surface area contributed by atoms with Crippen molar-refractivity contribution in [1.29, 1.82) is 0 Å². The van der Waals surface area contributed by atoms with Crippen molar-refractivity contribution in [2.45, 2.75) is 20.8 Å². The largest absolute Gasteiger partial charge is 0.350 e. The third-order valence-corrected chi connectivity index (χ3v) is 3.77. The molecule has 0 aliphatic carbocycles. The van der Waals surface area contributed by atoms with E-state index in [2.05, 4.69) is 10.6 Å². The first kappa shape index (κ1) is 17.7. The van der Waals surface area contributed by atoms with Gasteiger partial charge in [-0.15, -0.1) is 0 Å². The van der Waals surface area contributed by atoms with Crippen molar-refractivity contribution in [2.75, 3.05) is 13.1 Å². The fraction of sp³-hybridized carbons (Fsp3) is 0.263. The van der Waals surface area contributed by atoms with Crippen molar-refractivity contribution in [3.8, 4) is 0 Å². The molecule has 0 radical (unpaired) electrons. The molecule has 0 saturated carbocycles. The van der Waals surface area contributed by atoms with Crippen LogP contribution >= 0.6 is 0 Å². The SMILES string of the molecule is Cc1ccc(C)c(C(=O)NCCNC(=O)c2ccc(C)c(F)c2)c1. The van der Waals surface area contributed by atoms with E-state index >= 15 is 0 Å². The summed E-state index contributed by atoms with van der Waals surface area (Å²) < 4.78 is 13.5. The van der Waals surface area contributed by atoms with Crippen LogP contribution in [0, 0.1) is 26.6 Å². The lowest BCUT2D eigenvalue weighted by atomic mass is 10.1. The van der Waals surface area contributed by atoms with Crippen LogP contribution in [0.2, 0.25) is 0 Å². The topological polar surface area (TPSA) is 58.2 Å². The van der Waals surface area contributed by atoms with Gasteiger partial charge in [-0.2, -0.15) is 0 Å². The monoisotopic (exact) mass is 328 g/mol. The Morgan fingerprint density at radius 3 is 2.17 bits per heavy atom. The second-order valence-electron chi connectivity index (χ2n) is 5.79. The highest BCUT2D eigenvalue weighted by molar-refractivity contribution is 5.96. The zero-order valence-electron chi connectivity index (χ0n) is 14.1. The van der Waals surface area contributed by atoms with E-state index in [9.17, 15) is 14.0 Å². The Bertz CT molecular complexity index is 772. The van der Waals surface area contributed by atoms with Gasteiger partial charge >= 0.3 is 0 Å². The fourth-order valence-corrected chi connectivity index (χ4v) is 2.26. The molecule has 4 nitrogen and oxygen atoms in total. The van der Waals surface area contributed by atoms with Gasteiger partial charge in [0.15, 0.2) is 0 Å². The molecule has 2 amide bonds. The molecular weight excluding hydrogens is 307 g/mol. The maximum absolute atomic E-state index is 13.5. The molecule has 0 heterocycles. The molecule has 5 heteroatoms. The highest BCUT2D eigenvalue weighted by Gasteiger charge is 2.10. The summed E-state index contributed by atoms with van der Waals surface area (Å²) in [5.74, 6) is -0.951. The van der Waals surface area contributed by atoms with Gasteiger partial charge in [-0.1, -0.05) is 23.8 Å². The Kier molecular flexibility index (Phi) is 5.68. The number of aryl methyl sites for hydroxylation is 3. The minimum absolute atomic E-state index is 0.174. The van der Waals surface area contributed by atoms with Crippen molar-refractivity contribution in [1.82, 2.24) is 10.6 Å². The molecule has 0 unspecified atom stereocenters. The Balaban J connectivity index is 1.84. The van der Waals surface area contributed by atoms with Crippen molar-refractivity contribution < 1.29 is 14.0 Å². The van der Waals surface area contributed by atoms with E-state index in [1.807, 2.05) is 32.0 Å². The molecule has 0 aliphatic rings. The minimum Gasteiger partial charge on any atom is -0.350 e. The predicted molar refractivity (Wildman–Crippen MR) is 91.7 cm³/mol. The van der Waals surface area contributed by atoms with Crippen LogP contribution in [0.4, 0.5) is 4.39 Å². The van der Waals surface area contributed by atoms with Gasteiger partial charge in [0.2, 0.25) is 0 Å². The first-order valence-corrected chi connectivity index (χ1v) is 7.78. The summed E-state index contributed by atoms with van der Waals surface area (Å²) in [5, 5.41) is 5.42. The molecule has 2 rings (SSSR count). The van der Waals surface area contributed by atoms with Crippen LogP contribution < -0.4 is 10.6 Å². The van der Waals surface area contributed by atoms with Crippen molar-refractivity contribution in [2.24, 2.45) is 0 Å². The van der Waals surface area contributed by atoms with Gasteiger partial charge in [-0.3, -0.25) is 9.59 Å². The predicted octanol–water partition coefficient (Wildman–Crippen LogP) is 2.91. The molecule has 0 bridgehead atoms. The van der Waals surface area contributed by atoms with Crippen LogP contribution in [0.1, 0.15) is 37.4 Å². The Morgan fingerprint density at radius 2 is 1.50 bits per heavy atom. The van der Waals surface area contributed by atoms with E-state index in [-0.39, 0.29) is 23.9 Å². The van der Waals surface area contributed by atoms with Gasteiger partial charge in [0.05, 0.1) is 0 Å². The first-order valence-electron chi connectivity index (χ1n) is 7.78. The smallest absolute Gasteiger partial charge is 0.251 e. The van der Waals surface area contributed by atoms with E-state index in [0.717, 1.165) is 11.1 Å². The van der Waals surface area contributed by atoms with Crippen LogP contribution in [0.15, 0.2) is 36.4 Å². The third-order valence-electron chi connectivity index (χ3n) is 3.77. The van der Waals surface area contributed by atoms with Crippen molar-refractivity contribution in [3.63, 3.8) is 0 Å². The number of halogens is 1. The molecule has 2 N–H and O–H groups in total. The zero-order valence-corrected chi connectivity index (χ0v) is 14.1. The summed E-state index contributed by atoms with van der Waals surface area (Å²) >= 11 is 0. The summed E-state index contributed by atoms with van der Waals surface area (Å²) in [6, 6.07) is 10.0. The molecule has 126 valence electrons. The van der Waals surface area contributed by atoms with E-state index < -0.39 is 5.82 Å². The number of amides is 2. The van der Waals surface area contributed by atoms with Crippen LogP contribution in [0.5, 0.6) is 0 Å². The molecular formula is C19H21FN2O2. The number of carbonyl (C=O) groups is 2. The molecule has 0 saturated heterocycles. The van der Waals surface area contributed by atoms with Gasteiger partial charge in [-0.05, 0) is 50.1 Å². The van der Waals surface area contributed by atoms with Gasteiger partial charge in [-0.25, -0.2) is 4.39 Å². The summed E-state index contributed by atoms with van der Waals surface area (Å²) in [5.41, 5.74) is 3.30. The highest BCUT2D eigenvalue weighted by Crippen LogP contribution is 2.10. The maximum atomic E-state index is 13.5. The molecule has 0 aromatic heterocycles. The number of hydrogen-bond acceptors (Lipinski definition) is 2. The summed E-state index contributed by atoms with van der Waals surface area (Å²) in [6.45, 7) is 6.01. The second-order valence-corrected chi connectivity index (χ2v) is 5.79. The lowest BCUT2D eigenvalue weighted by Crippen LogP contribution is -2.35. The lowest BCUT2D eigenvalue weighted by Gasteiger charge is -2.10. The van der Waals surface area contributed by atoms with Crippen molar-refractivity contribution >= 4 is 11.8 Å². The molecule has 2 aromatic carbocycles. The molecule has 0 aliphatic heterocycles. The average Bonchev–Trinajstić information content (AvgIpc) is 2.55.